The van der Waals surface area contributed by atoms with Gasteiger partial charge in [-0.25, -0.2) is 4.98 Å². The van der Waals surface area contributed by atoms with Crippen LogP contribution in [0.4, 0.5) is 0 Å². The fraction of sp³-hybridized carbons (Fsp3) is 0.750. The predicted octanol–water partition coefficient (Wildman–Crippen LogP) is 1.59. The lowest BCUT2D eigenvalue weighted by molar-refractivity contribution is 0.199. The average Bonchev–Trinajstić information content (AvgIpc) is 2.80. The Morgan fingerprint density at radius 1 is 1.41 bits per heavy atom. The average molecular weight is 257 g/mol. The van der Waals surface area contributed by atoms with Crippen molar-refractivity contribution in [3.8, 4) is 0 Å². The molecule has 1 N–H and O–H groups in total. The molecule has 98 valence electrons. The van der Waals surface area contributed by atoms with Gasteiger partial charge in [0.15, 0.2) is 0 Å². The van der Waals surface area contributed by atoms with Crippen molar-refractivity contribution in [1.29, 1.82) is 0 Å². The topological polar surface area (TPSA) is 37.4 Å². The molecule has 0 spiro atoms. The van der Waals surface area contributed by atoms with Crippen LogP contribution in [-0.2, 0) is 11.3 Å². The molecule has 0 aliphatic carbocycles. The minimum absolute atomic E-state index is 0.795. The number of aromatic nitrogens is 1. The molecule has 0 amide bonds. The molecule has 0 saturated carbocycles. The van der Waals surface area contributed by atoms with Gasteiger partial charge in [0.1, 0.15) is 0 Å². The fourth-order valence-electron chi connectivity index (χ4n) is 1.60. The van der Waals surface area contributed by atoms with Crippen molar-refractivity contribution in [3.63, 3.8) is 0 Å². The number of rotatable bonds is 10. The van der Waals surface area contributed by atoms with E-state index in [0.29, 0.717) is 0 Å². The van der Waals surface area contributed by atoms with Gasteiger partial charge in [-0.05, 0) is 33.0 Å². The molecule has 1 heterocycles. The zero-order chi connectivity index (χ0) is 12.3. The van der Waals surface area contributed by atoms with Gasteiger partial charge < -0.3 is 15.0 Å². The molecule has 0 radical (unpaired) electrons. The zero-order valence-corrected chi connectivity index (χ0v) is 11.6. The Hall–Kier alpha value is -0.490. The highest BCUT2D eigenvalue weighted by atomic mass is 32.1. The summed E-state index contributed by atoms with van der Waals surface area (Å²) < 4.78 is 4.97. The third-order valence-electron chi connectivity index (χ3n) is 2.54. The predicted molar refractivity (Wildman–Crippen MR) is 72.4 cm³/mol. The van der Waals surface area contributed by atoms with Gasteiger partial charge in [-0.15, -0.1) is 11.3 Å². The molecule has 0 atom stereocenters. The third kappa shape index (κ3) is 7.44. The van der Waals surface area contributed by atoms with Gasteiger partial charge in [-0.3, -0.25) is 0 Å². The molecule has 4 nitrogen and oxygen atoms in total. The Bertz CT molecular complexity index is 267. The van der Waals surface area contributed by atoms with E-state index in [1.165, 1.54) is 18.5 Å². The molecule has 17 heavy (non-hydrogen) atoms. The standard InChI is InChI=1S/C12H23N3OS/c1-15(9-12-10-17-11-14-12)7-4-3-5-13-6-8-16-2/h10-11,13H,3-9H2,1-2H3. The highest BCUT2D eigenvalue weighted by Crippen LogP contribution is 2.04. The lowest BCUT2D eigenvalue weighted by Gasteiger charge is -2.14. The maximum atomic E-state index is 4.97. The number of nitrogens with one attached hydrogen (secondary N) is 1. The van der Waals surface area contributed by atoms with Crippen LogP contribution in [0.1, 0.15) is 18.5 Å². The van der Waals surface area contributed by atoms with E-state index in [9.17, 15) is 0 Å². The number of hydrogen-bond acceptors (Lipinski definition) is 5. The lowest BCUT2D eigenvalue weighted by Crippen LogP contribution is -2.23. The Morgan fingerprint density at radius 3 is 3.00 bits per heavy atom. The van der Waals surface area contributed by atoms with Gasteiger partial charge in [0.05, 0.1) is 17.8 Å². The normalized spacial score (nSPS) is 11.2. The number of thiazole rings is 1. The summed E-state index contributed by atoms with van der Waals surface area (Å²) in [6.07, 6.45) is 2.44. The number of hydrogen-bond donors (Lipinski definition) is 1. The summed E-state index contributed by atoms with van der Waals surface area (Å²) in [6.45, 7) is 4.91. The van der Waals surface area contributed by atoms with E-state index in [1.54, 1.807) is 18.4 Å². The molecule has 0 saturated heterocycles. The lowest BCUT2D eigenvalue weighted by atomic mass is 10.3. The second kappa shape index (κ2) is 9.53. The van der Waals surface area contributed by atoms with Crippen molar-refractivity contribution in [2.24, 2.45) is 0 Å². The summed E-state index contributed by atoms with van der Waals surface area (Å²) >= 11 is 1.66. The Balaban J connectivity index is 1.92. The smallest absolute Gasteiger partial charge is 0.0795 e. The summed E-state index contributed by atoms with van der Waals surface area (Å²) in [5.41, 5.74) is 3.07. The van der Waals surface area contributed by atoms with Gasteiger partial charge in [-0.1, -0.05) is 0 Å². The first-order valence-corrected chi connectivity index (χ1v) is 7.02. The summed E-state index contributed by atoms with van der Waals surface area (Å²) in [4.78, 5) is 6.61. The second-order valence-electron chi connectivity index (χ2n) is 4.17. The summed E-state index contributed by atoms with van der Waals surface area (Å²) in [6, 6.07) is 0. The van der Waals surface area contributed by atoms with Crippen LogP contribution in [0.25, 0.3) is 0 Å². The molecule has 0 aliphatic rings. The van der Waals surface area contributed by atoms with E-state index in [0.717, 1.165) is 32.8 Å². The van der Waals surface area contributed by atoms with E-state index in [-0.39, 0.29) is 0 Å². The van der Waals surface area contributed by atoms with Crippen molar-refractivity contribution < 1.29 is 4.74 Å². The first-order valence-electron chi connectivity index (χ1n) is 6.08. The van der Waals surface area contributed by atoms with E-state index >= 15 is 0 Å². The second-order valence-corrected chi connectivity index (χ2v) is 4.89. The molecular formula is C12H23N3OS. The maximum absolute atomic E-state index is 4.97. The van der Waals surface area contributed by atoms with Crippen molar-refractivity contribution in [2.75, 3.05) is 40.4 Å². The highest BCUT2D eigenvalue weighted by Gasteiger charge is 2.01. The van der Waals surface area contributed by atoms with Crippen molar-refractivity contribution >= 4 is 11.3 Å². The van der Waals surface area contributed by atoms with Crippen molar-refractivity contribution in [1.82, 2.24) is 15.2 Å². The number of ether oxygens (including phenoxy) is 1. The summed E-state index contributed by atoms with van der Waals surface area (Å²) in [7, 11) is 3.88. The largest absolute Gasteiger partial charge is 0.383 e. The van der Waals surface area contributed by atoms with E-state index in [1.807, 2.05) is 5.51 Å². The Labute approximate surface area is 108 Å². The summed E-state index contributed by atoms with van der Waals surface area (Å²) in [5.74, 6) is 0. The number of methoxy groups -OCH3 is 1. The van der Waals surface area contributed by atoms with Crippen molar-refractivity contribution in [2.45, 2.75) is 19.4 Å². The molecule has 1 aromatic heterocycles. The Morgan fingerprint density at radius 2 is 2.29 bits per heavy atom. The van der Waals surface area contributed by atoms with Gasteiger partial charge in [0, 0.05) is 25.6 Å². The molecule has 0 fully saturated rings. The van der Waals surface area contributed by atoms with Crippen LogP contribution in [-0.4, -0.2) is 50.3 Å². The monoisotopic (exact) mass is 257 g/mol. The molecule has 1 aromatic rings. The highest BCUT2D eigenvalue weighted by molar-refractivity contribution is 7.07. The van der Waals surface area contributed by atoms with Crippen LogP contribution in [0.2, 0.25) is 0 Å². The first kappa shape index (κ1) is 14.6. The SMILES string of the molecule is COCCNCCCCN(C)Cc1cscn1. The molecule has 5 heteroatoms. The molecule has 0 unspecified atom stereocenters. The molecular weight excluding hydrogens is 234 g/mol. The molecule has 0 aromatic carbocycles. The zero-order valence-electron chi connectivity index (χ0n) is 10.8. The van der Waals surface area contributed by atoms with Gasteiger partial charge in [0.25, 0.3) is 0 Å². The van der Waals surface area contributed by atoms with Crippen LogP contribution in [0.3, 0.4) is 0 Å². The van der Waals surface area contributed by atoms with Crippen LogP contribution in [0.15, 0.2) is 10.9 Å². The third-order valence-corrected chi connectivity index (χ3v) is 3.18. The van der Waals surface area contributed by atoms with Gasteiger partial charge in [0.2, 0.25) is 0 Å². The molecule has 0 bridgehead atoms. The van der Waals surface area contributed by atoms with Crippen LogP contribution >= 0.6 is 11.3 Å². The minimum Gasteiger partial charge on any atom is -0.383 e. The van der Waals surface area contributed by atoms with E-state index in [2.05, 4.69) is 27.6 Å². The van der Waals surface area contributed by atoms with Gasteiger partial charge in [-0.2, -0.15) is 0 Å². The van der Waals surface area contributed by atoms with E-state index in [4.69, 9.17) is 4.74 Å². The number of nitrogens with zero attached hydrogens (tertiary/aromatic N) is 2. The summed E-state index contributed by atoms with van der Waals surface area (Å²) in [5, 5.41) is 5.47. The maximum Gasteiger partial charge on any atom is 0.0795 e. The van der Waals surface area contributed by atoms with Gasteiger partial charge >= 0.3 is 0 Å². The minimum atomic E-state index is 0.795. The molecule has 1 rings (SSSR count). The van der Waals surface area contributed by atoms with E-state index < -0.39 is 0 Å². The van der Waals surface area contributed by atoms with Crippen LogP contribution < -0.4 is 5.32 Å². The quantitative estimate of drug-likeness (QED) is 0.646. The van der Waals surface area contributed by atoms with Crippen LogP contribution in [0, 0.1) is 0 Å². The fourth-order valence-corrected chi connectivity index (χ4v) is 2.15. The molecule has 0 aliphatic heterocycles. The van der Waals surface area contributed by atoms with Crippen molar-refractivity contribution in [3.05, 3.63) is 16.6 Å². The first-order chi connectivity index (χ1) is 8.33. The number of unbranched alkanes of at least 4 members (excludes halogenated alkanes) is 1. The van der Waals surface area contributed by atoms with Crippen LogP contribution in [0.5, 0.6) is 0 Å². The Kier molecular flexibility index (Phi) is 8.17.